The van der Waals surface area contributed by atoms with Gasteiger partial charge in [-0.2, -0.15) is 0 Å². The smallest absolute Gasteiger partial charge is 0.241 e. The summed E-state index contributed by atoms with van der Waals surface area (Å²) >= 11 is 1.32. The van der Waals surface area contributed by atoms with Gasteiger partial charge in [0.05, 0.1) is 11.5 Å². The van der Waals surface area contributed by atoms with Crippen LogP contribution in [-0.4, -0.2) is 44.1 Å². The summed E-state index contributed by atoms with van der Waals surface area (Å²) in [4.78, 5) is 4.01. The first-order valence-corrected chi connectivity index (χ1v) is 9.67. The predicted molar refractivity (Wildman–Crippen MR) is 85.1 cm³/mol. The van der Waals surface area contributed by atoms with Gasteiger partial charge in [0.25, 0.3) is 0 Å². The van der Waals surface area contributed by atoms with Crippen molar-refractivity contribution in [3.63, 3.8) is 0 Å². The van der Waals surface area contributed by atoms with Crippen molar-refractivity contribution in [2.24, 2.45) is 0 Å². The van der Waals surface area contributed by atoms with E-state index in [9.17, 15) is 8.42 Å². The molecule has 0 spiro atoms. The number of aliphatic hydroxyl groups excluding tert-OH is 1. The van der Waals surface area contributed by atoms with E-state index < -0.39 is 10.0 Å². The molecule has 5 nitrogen and oxygen atoms in total. The van der Waals surface area contributed by atoms with Crippen LogP contribution in [0.25, 0.3) is 0 Å². The van der Waals surface area contributed by atoms with E-state index in [0.29, 0.717) is 9.77 Å². The highest BCUT2D eigenvalue weighted by molar-refractivity contribution is 7.89. The van der Waals surface area contributed by atoms with Gasteiger partial charge in [0.2, 0.25) is 10.0 Å². The molecule has 1 atom stereocenters. The Morgan fingerprint density at radius 1 is 1.38 bits per heavy atom. The lowest BCUT2D eigenvalue weighted by atomic mass is 10.1. The summed E-state index contributed by atoms with van der Waals surface area (Å²) in [5.41, 5.74) is 0. The van der Waals surface area contributed by atoms with E-state index >= 15 is 0 Å². The van der Waals surface area contributed by atoms with Gasteiger partial charge in [-0.25, -0.2) is 13.1 Å². The van der Waals surface area contributed by atoms with Crippen LogP contribution in [0.1, 0.15) is 35.9 Å². The summed E-state index contributed by atoms with van der Waals surface area (Å²) < 4.78 is 27.6. The molecular weight excluding hydrogens is 308 g/mol. The summed E-state index contributed by atoms with van der Waals surface area (Å²) in [5, 5.41) is 9.13. The quantitative estimate of drug-likeness (QED) is 0.832. The molecule has 2 N–H and O–H groups in total. The Kier molecular flexibility index (Phi) is 5.79. The number of hydrogen-bond donors (Lipinski definition) is 2. The highest BCUT2D eigenvalue weighted by Crippen LogP contribution is 2.25. The van der Waals surface area contributed by atoms with Crippen molar-refractivity contribution < 1.29 is 13.5 Å². The van der Waals surface area contributed by atoms with Crippen molar-refractivity contribution >= 4 is 21.4 Å². The predicted octanol–water partition coefficient (Wildman–Crippen LogP) is 1.70. The highest BCUT2D eigenvalue weighted by Gasteiger charge is 2.23. The number of piperidine rings is 1. The van der Waals surface area contributed by atoms with Crippen LogP contribution in [0.4, 0.5) is 0 Å². The summed E-state index contributed by atoms with van der Waals surface area (Å²) in [6.07, 6.45) is 3.67. The van der Waals surface area contributed by atoms with Crippen molar-refractivity contribution in [1.29, 1.82) is 0 Å². The first kappa shape index (κ1) is 16.9. The summed E-state index contributed by atoms with van der Waals surface area (Å²) in [6, 6.07) is 1.45. The third-order valence-corrected chi connectivity index (χ3v) is 6.59. The fraction of sp³-hybridized carbons (Fsp3) is 0.714. The number of sulfonamides is 1. The van der Waals surface area contributed by atoms with E-state index in [2.05, 4.69) is 9.62 Å². The number of aliphatic hydroxyl groups is 1. The van der Waals surface area contributed by atoms with E-state index in [1.807, 2.05) is 6.92 Å². The summed E-state index contributed by atoms with van der Waals surface area (Å²) in [6.45, 7) is 6.41. The number of hydrogen-bond acceptors (Lipinski definition) is 5. The average molecular weight is 332 g/mol. The Morgan fingerprint density at radius 2 is 2.05 bits per heavy atom. The average Bonchev–Trinajstić information content (AvgIpc) is 2.81. The molecule has 2 heterocycles. The van der Waals surface area contributed by atoms with Gasteiger partial charge < -0.3 is 10.0 Å². The highest BCUT2D eigenvalue weighted by atomic mass is 32.2. The third kappa shape index (κ3) is 4.50. The number of aryl methyl sites for hydroxylation is 1. The number of nitrogens with one attached hydrogen (secondary N) is 1. The fourth-order valence-corrected chi connectivity index (χ4v) is 5.49. The van der Waals surface area contributed by atoms with Gasteiger partial charge in [0.1, 0.15) is 0 Å². The van der Waals surface area contributed by atoms with E-state index in [0.717, 1.165) is 24.5 Å². The largest absolute Gasteiger partial charge is 0.391 e. The maximum absolute atomic E-state index is 12.4. The van der Waals surface area contributed by atoms with Crippen molar-refractivity contribution in [2.75, 3.05) is 19.6 Å². The number of rotatable bonds is 6. The monoisotopic (exact) mass is 332 g/mol. The second-order valence-corrected chi connectivity index (χ2v) is 8.70. The molecule has 2 rings (SSSR count). The molecule has 21 heavy (non-hydrogen) atoms. The molecule has 1 fully saturated rings. The molecule has 1 unspecified atom stereocenters. The number of thiophene rings is 1. The van der Waals surface area contributed by atoms with Gasteiger partial charge in [-0.1, -0.05) is 6.42 Å². The standard InChI is InChI=1S/C14H24N2O3S2/c1-11(9-16-6-4-3-5-7-16)15-21(18,19)14-8-13(10-17)20-12(14)2/h8,11,15,17H,3-7,9-10H2,1-2H3. The van der Waals surface area contributed by atoms with Crippen molar-refractivity contribution in [1.82, 2.24) is 9.62 Å². The molecule has 7 heteroatoms. The van der Waals surface area contributed by atoms with Gasteiger partial charge in [0.15, 0.2) is 0 Å². The van der Waals surface area contributed by atoms with Crippen LogP contribution in [0.15, 0.2) is 11.0 Å². The molecule has 120 valence electrons. The van der Waals surface area contributed by atoms with E-state index in [4.69, 9.17) is 5.11 Å². The zero-order chi connectivity index (χ0) is 15.5. The molecule has 0 amide bonds. The summed E-state index contributed by atoms with van der Waals surface area (Å²) in [7, 11) is -3.51. The summed E-state index contributed by atoms with van der Waals surface area (Å²) in [5.74, 6) is 0. The first-order chi connectivity index (χ1) is 9.92. The van der Waals surface area contributed by atoms with Crippen LogP contribution in [-0.2, 0) is 16.6 Å². The van der Waals surface area contributed by atoms with E-state index in [1.54, 1.807) is 13.0 Å². The Bertz CT molecular complexity index is 563. The Hall–Kier alpha value is -0.470. The van der Waals surface area contributed by atoms with Crippen molar-refractivity contribution in [2.45, 2.75) is 50.7 Å². The SMILES string of the molecule is Cc1sc(CO)cc1S(=O)(=O)NC(C)CN1CCCCC1. The van der Waals surface area contributed by atoms with Crippen LogP contribution >= 0.6 is 11.3 Å². The normalized spacial score (nSPS) is 18.8. The first-order valence-electron chi connectivity index (χ1n) is 7.37. The minimum absolute atomic E-state index is 0.120. The topological polar surface area (TPSA) is 69.6 Å². The lowest BCUT2D eigenvalue weighted by Gasteiger charge is -2.29. The van der Waals surface area contributed by atoms with Gasteiger partial charge in [-0.15, -0.1) is 11.3 Å². The molecule has 1 saturated heterocycles. The second kappa shape index (κ2) is 7.19. The van der Waals surface area contributed by atoms with Crippen LogP contribution in [0.5, 0.6) is 0 Å². The molecule has 1 aliphatic heterocycles. The molecular formula is C14H24N2O3S2. The Labute approximate surface area is 131 Å². The molecule has 1 aromatic heterocycles. The van der Waals surface area contributed by atoms with E-state index in [-0.39, 0.29) is 12.6 Å². The molecule has 0 aromatic carbocycles. The minimum atomic E-state index is -3.51. The van der Waals surface area contributed by atoms with Crippen molar-refractivity contribution in [3.05, 3.63) is 15.8 Å². The van der Waals surface area contributed by atoms with Gasteiger partial charge in [-0.05, 0) is 45.8 Å². The Balaban J connectivity index is 2.00. The molecule has 1 aliphatic rings. The van der Waals surface area contributed by atoms with Crippen LogP contribution in [0, 0.1) is 6.92 Å². The molecule has 0 bridgehead atoms. The van der Waals surface area contributed by atoms with E-state index in [1.165, 1.54) is 30.6 Å². The molecule has 1 aromatic rings. The lowest BCUT2D eigenvalue weighted by Crippen LogP contribution is -2.43. The number of likely N-dealkylation sites (tertiary alicyclic amines) is 1. The van der Waals surface area contributed by atoms with Gasteiger partial charge >= 0.3 is 0 Å². The third-order valence-electron chi connectivity index (χ3n) is 3.71. The molecule has 0 saturated carbocycles. The lowest BCUT2D eigenvalue weighted by molar-refractivity contribution is 0.215. The Morgan fingerprint density at radius 3 is 2.62 bits per heavy atom. The zero-order valence-electron chi connectivity index (χ0n) is 12.6. The maximum Gasteiger partial charge on any atom is 0.241 e. The molecule has 0 radical (unpaired) electrons. The number of nitrogens with zero attached hydrogens (tertiary/aromatic N) is 1. The maximum atomic E-state index is 12.4. The van der Waals surface area contributed by atoms with Crippen LogP contribution in [0.3, 0.4) is 0 Å². The van der Waals surface area contributed by atoms with Crippen LogP contribution in [0.2, 0.25) is 0 Å². The van der Waals surface area contributed by atoms with Crippen molar-refractivity contribution in [3.8, 4) is 0 Å². The fourth-order valence-electron chi connectivity index (χ4n) is 2.76. The molecule has 0 aliphatic carbocycles. The zero-order valence-corrected chi connectivity index (χ0v) is 14.3. The second-order valence-electron chi connectivity index (χ2n) is 5.67. The van der Waals surface area contributed by atoms with Crippen LogP contribution < -0.4 is 4.72 Å². The van der Waals surface area contributed by atoms with Gasteiger partial charge in [0, 0.05) is 22.3 Å². The minimum Gasteiger partial charge on any atom is -0.391 e. The van der Waals surface area contributed by atoms with Gasteiger partial charge in [-0.3, -0.25) is 0 Å².